The molecule has 20 heavy (non-hydrogen) atoms. The summed E-state index contributed by atoms with van der Waals surface area (Å²) in [6.45, 7) is 0.384. The highest BCUT2D eigenvalue weighted by Crippen LogP contribution is 2.28. The van der Waals surface area contributed by atoms with E-state index in [9.17, 15) is 14.3 Å². The predicted octanol–water partition coefficient (Wildman–Crippen LogP) is 1.48. The van der Waals surface area contributed by atoms with Gasteiger partial charge in [0.15, 0.2) is 0 Å². The molecule has 0 aliphatic carbocycles. The third-order valence-electron chi connectivity index (χ3n) is 3.09. The van der Waals surface area contributed by atoms with Gasteiger partial charge in [0.2, 0.25) is 0 Å². The predicted molar refractivity (Wildman–Crippen MR) is 73.1 cm³/mol. The lowest BCUT2D eigenvalue weighted by Crippen LogP contribution is -2.22. The molecule has 2 aromatic rings. The normalized spacial score (nSPS) is 10.6. The maximum Gasteiger partial charge on any atom is 0.340 e. The number of carbonyl (C=O) groups is 1. The number of hydrogen-bond acceptors (Lipinski definition) is 4. The fourth-order valence-electron chi connectivity index (χ4n) is 1.97. The second-order valence-electron chi connectivity index (χ2n) is 4.47. The average Bonchev–Trinajstić information content (AvgIpc) is 2.77. The summed E-state index contributed by atoms with van der Waals surface area (Å²) in [7, 11) is 3.54. The molecule has 0 saturated heterocycles. The van der Waals surface area contributed by atoms with E-state index in [1.165, 1.54) is 6.07 Å². The highest BCUT2D eigenvalue weighted by Gasteiger charge is 2.20. The summed E-state index contributed by atoms with van der Waals surface area (Å²) in [6.07, 6.45) is 3.45. The topological polar surface area (TPSA) is 84.4 Å². The van der Waals surface area contributed by atoms with Crippen molar-refractivity contribution in [2.24, 2.45) is 7.05 Å². The Kier molecular flexibility index (Phi) is 3.60. The minimum atomic E-state index is -1.26. The standard InChI is InChI=1S/C13H15FN4O2/c1-17-6-5-16-10(17)7-18(2)9-4-3-8(14)12(15)11(9)13(19)20/h3-6H,7,15H2,1-2H3,(H,19,20). The zero-order valence-corrected chi connectivity index (χ0v) is 11.2. The van der Waals surface area contributed by atoms with Crippen LogP contribution in [0.5, 0.6) is 0 Å². The fraction of sp³-hybridized carbons (Fsp3) is 0.231. The van der Waals surface area contributed by atoms with E-state index in [1.54, 1.807) is 24.3 Å². The van der Waals surface area contributed by atoms with E-state index < -0.39 is 11.8 Å². The molecule has 1 heterocycles. The maximum absolute atomic E-state index is 13.4. The van der Waals surface area contributed by atoms with Crippen LogP contribution in [0.2, 0.25) is 0 Å². The molecule has 7 heteroatoms. The molecule has 6 nitrogen and oxygen atoms in total. The van der Waals surface area contributed by atoms with Crippen molar-refractivity contribution in [2.45, 2.75) is 6.54 Å². The third kappa shape index (κ3) is 2.42. The number of aromatic nitrogens is 2. The van der Waals surface area contributed by atoms with Crippen LogP contribution in [0, 0.1) is 5.82 Å². The molecule has 0 amide bonds. The van der Waals surface area contributed by atoms with E-state index in [1.807, 2.05) is 11.6 Å². The molecule has 106 valence electrons. The smallest absolute Gasteiger partial charge is 0.340 e. The molecule has 3 N–H and O–H groups in total. The van der Waals surface area contributed by atoms with Crippen molar-refractivity contribution in [1.82, 2.24) is 9.55 Å². The van der Waals surface area contributed by atoms with Crippen molar-refractivity contribution in [1.29, 1.82) is 0 Å². The van der Waals surface area contributed by atoms with Crippen LogP contribution in [0.15, 0.2) is 24.5 Å². The Balaban J connectivity index is 2.39. The van der Waals surface area contributed by atoms with Crippen LogP contribution in [0.25, 0.3) is 0 Å². The van der Waals surface area contributed by atoms with Crippen LogP contribution in [-0.2, 0) is 13.6 Å². The van der Waals surface area contributed by atoms with Gasteiger partial charge in [0, 0.05) is 26.5 Å². The van der Waals surface area contributed by atoms with Gasteiger partial charge in [-0.25, -0.2) is 14.2 Å². The molecule has 0 aliphatic rings. The molecule has 1 aromatic heterocycles. The van der Waals surface area contributed by atoms with Gasteiger partial charge in [-0.05, 0) is 12.1 Å². The first-order valence-corrected chi connectivity index (χ1v) is 5.90. The zero-order chi connectivity index (χ0) is 14.9. The van der Waals surface area contributed by atoms with E-state index in [4.69, 9.17) is 5.73 Å². The molecule has 1 aromatic carbocycles. The lowest BCUT2D eigenvalue weighted by Gasteiger charge is -2.22. The van der Waals surface area contributed by atoms with E-state index in [2.05, 4.69) is 4.98 Å². The molecule has 0 unspecified atom stereocenters. The molecule has 0 saturated carbocycles. The second-order valence-corrected chi connectivity index (χ2v) is 4.47. The lowest BCUT2D eigenvalue weighted by atomic mass is 10.1. The van der Waals surface area contributed by atoms with Gasteiger partial charge in [-0.1, -0.05) is 0 Å². The first kappa shape index (κ1) is 13.9. The highest BCUT2D eigenvalue weighted by atomic mass is 19.1. The average molecular weight is 278 g/mol. The van der Waals surface area contributed by atoms with E-state index >= 15 is 0 Å². The number of nitrogen functional groups attached to an aromatic ring is 1. The number of rotatable bonds is 4. The van der Waals surface area contributed by atoms with Crippen molar-refractivity contribution >= 4 is 17.3 Å². The SMILES string of the molecule is CN(Cc1nccn1C)c1ccc(F)c(N)c1C(=O)O. The molecule has 0 bridgehead atoms. The van der Waals surface area contributed by atoms with Crippen molar-refractivity contribution in [3.8, 4) is 0 Å². The Hall–Kier alpha value is -2.57. The van der Waals surface area contributed by atoms with Crippen LogP contribution in [0.1, 0.15) is 16.2 Å². The van der Waals surface area contributed by atoms with Crippen molar-refractivity contribution in [2.75, 3.05) is 17.7 Å². The first-order chi connectivity index (χ1) is 9.41. The number of anilines is 2. The van der Waals surface area contributed by atoms with Crippen LogP contribution in [0.4, 0.5) is 15.8 Å². The summed E-state index contributed by atoms with van der Waals surface area (Å²) in [5.74, 6) is -1.24. The van der Waals surface area contributed by atoms with Gasteiger partial charge in [-0.2, -0.15) is 0 Å². The minimum absolute atomic E-state index is 0.235. The molecular formula is C13H15FN4O2. The van der Waals surface area contributed by atoms with Gasteiger partial charge >= 0.3 is 5.97 Å². The fourth-order valence-corrected chi connectivity index (χ4v) is 1.97. The number of nitrogens with two attached hydrogens (primary N) is 1. The van der Waals surface area contributed by atoms with Gasteiger partial charge in [0.1, 0.15) is 17.2 Å². The number of aromatic carboxylic acids is 1. The number of nitrogens with zero attached hydrogens (tertiary/aromatic N) is 3. The first-order valence-electron chi connectivity index (χ1n) is 5.90. The molecule has 0 radical (unpaired) electrons. The summed E-state index contributed by atoms with van der Waals surface area (Å²) in [5, 5.41) is 9.21. The highest BCUT2D eigenvalue weighted by molar-refractivity contribution is 6.00. The number of aryl methyl sites for hydroxylation is 1. The Morgan fingerprint density at radius 1 is 1.55 bits per heavy atom. The number of carboxylic acid groups (broad SMARTS) is 1. The number of carboxylic acids is 1. The largest absolute Gasteiger partial charge is 0.478 e. The number of hydrogen-bond donors (Lipinski definition) is 2. The van der Waals surface area contributed by atoms with Gasteiger partial charge in [-0.15, -0.1) is 0 Å². The maximum atomic E-state index is 13.4. The van der Waals surface area contributed by atoms with E-state index in [-0.39, 0.29) is 11.3 Å². The number of benzene rings is 1. The van der Waals surface area contributed by atoms with Gasteiger partial charge in [-0.3, -0.25) is 0 Å². The van der Waals surface area contributed by atoms with Crippen LogP contribution >= 0.6 is 0 Å². The van der Waals surface area contributed by atoms with Crippen molar-refractivity contribution in [3.05, 3.63) is 41.7 Å². The van der Waals surface area contributed by atoms with Gasteiger partial charge < -0.3 is 20.3 Å². The second kappa shape index (κ2) is 5.20. The van der Waals surface area contributed by atoms with Crippen molar-refractivity contribution < 1.29 is 14.3 Å². The van der Waals surface area contributed by atoms with E-state index in [0.29, 0.717) is 12.2 Å². The minimum Gasteiger partial charge on any atom is -0.478 e. The molecule has 0 aliphatic heterocycles. The van der Waals surface area contributed by atoms with E-state index in [0.717, 1.165) is 11.9 Å². The zero-order valence-electron chi connectivity index (χ0n) is 11.2. The quantitative estimate of drug-likeness (QED) is 0.827. The Morgan fingerprint density at radius 2 is 2.25 bits per heavy atom. The Morgan fingerprint density at radius 3 is 2.80 bits per heavy atom. The van der Waals surface area contributed by atoms with Crippen LogP contribution in [0.3, 0.4) is 0 Å². The van der Waals surface area contributed by atoms with Crippen LogP contribution < -0.4 is 10.6 Å². The van der Waals surface area contributed by atoms with Gasteiger partial charge in [0.05, 0.1) is 17.9 Å². The Bertz CT molecular complexity index is 654. The van der Waals surface area contributed by atoms with Crippen LogP contribution in [-0.4, -0.2) is 27.7 Å². The Labute approximate surface area is 115 Å². The lowest BCUT2D eigenvalue weighted by molar-refractivity contribution is 0.0698. The van der Waals surface area contributed by atoms with Gasteiger partial charge in [0.25, 0.3) is 0 Å². The molecule has 2 rings (SSSR count). The summed E-state index contributed by atoms with van der Waals surface area (Å²) in [5.41, 5.74) is 5.27. The number of halogens is 1. The molecular weight excluding hydrogens is 263 g/mol. The molecule has 0 fully saturated rings. The van der Waals surface area contributed by atoms with Crippen molar-refractivity contribution in [3.63, 3.8) is 0 Å². The molecule has 0 atom stereocenters. The monoisotopic (exact) mass is 278 g/mol. The summed E-state index contributed by atoms with van der Waals surface area (Å²) in [6, 6.07) is 2.56. The summed E-state index contributed by atoms with van der Waals surface area (Å²) < 4.78 is 15.2. The summed E-state index contributed by atoms with van der Waals surface area (Å²) >= 11 is 0. The molecule has 0 spiro atoms. The number of imidazole rings is 1. The third-order valence-corrected chi connectivity index (χ3v) is 3.09. The summed E-state index contributed by atoms with van der Waals surface area (Å²) in [4.78, 5) is 17.1.